The number of carbonyl (C=O) groups is 1. The van der Waals surface area contributed by atoms with Crippen molar-refractivity contribution in [2.75, 3.05) is 31.6 Å². The summed E-state index contributed by atoms with van der Waals surface area (Å²) in [5.74, 6) is -0.851. The molecule has 0 unspecified atom stereocenters. The van der Waals surface area contributed by atoms with Crippen molar-refractivity contribution in [1.82, 2.24) is 4.90 Å². The van der Waals surface area contributed by atoms with E-state index in [-0.39, 0.29) is 5.54 Å². The smallest absolute Gasteiger partial charge is 0.337 e. The first-order valence-corrected chi connectivity index (χ1v) is 6.62. The zero-order valence-electron chi connectivity index (χ0n) is 12.1. The summed E-state index contributed by atoms with van der Waals surface area (Å²) < 4.78 is 0. The van der Waals surface area contributed by atoms with Gasteiger partial charge in [0.25, 0.3) is 0 Å². The van der Waals surface area contributed by atoms with E-state index in [4.69, 9.17) is 0 Å². The van der Waals surface area contributed by atoms with Crippen LogP contribution in [0.25, 0.3) is 0 Å². The molecule has 1 aromatic carbocycles. The number of hydrogen-bond acceptors (Lipinski definition) is 3. The van der Waals surface area contributed by atoms with Gasteiger partial charge in [-0.25, -0.2) is 4.79 Å². The molecule has 1 aliphatic rings. The van der Waals surface area contributed by atoms with Crippen LogP contribution in [-0.4, -0.2) is 48.2 Å². The number of benzene rings is 1. The fourth-order valence-electron chi connectivity index (χ4n) is 2.68. The van der Waals surface area contributed by atoms with Crippen molar-refractivity contribution >= 4 is 11.7 Å². The molecule has 0 amide bonds. The molecule has 0 aliphatic carbocycles. The van der Waals surface area contributed by atoms with Crippen LogP contribution in [0.1, 0.15) is 29.8 Å². The third-order valence-corrected chi connectivity index (χ3v) is 4.10. The van der Waals surface area contributed by atoms with E-state index in [0.717, 1.165) is 30.9 Å². The number of aromatic carboxylic acids is 1. The molecule has 0 spiro atoms. The van der Waals surface area contributed by atoms with Gasteiger partial charge in [0.05, 0.1) is 11.3 Å². The largest absolute Gasteiger partial charge is 0.478 e. The Labute approximate surface area is 114 Å². The zero-order valence-corrected chi connectivity index (χ0v) is 12.1. The van der Waals surface area contributed by atoms with Crippen LogP contribution in [0, 0.1) is 6.92 Å². The highest BCUT2D eigenvalue weighted by Gasteiger charge is 2.32. The summed E-state index contributed by atoms with van der Waals surface area (Å²) in [6.07, 6.45) is 0. The van der Waals surface area contributed by atoms with Gasteiger partial charge in [0.15, 0.2) is 0 Å². The number of piperazine rings is 1. The minimum atomic E-state index is -0.851. The summed E-state index contributed by atoms with van der Waals surface area (Å²) in [6.45, 7) is 9.02. The maximum absolute atomic E-state index is 11.4. The van der Waals surface area contributed by atoms with Gasteiger partial charge < -0.3 is 10.0 Å². The number of carboxylic acids is 1. The van der Waals surface area contributed by atoms with Crippen LogP contribution >= 0.6 is 0 Å². The molecule has 2 rings (SSSR count). The predicted molar refractivity (Wildman–Crippen MR) is 77.1 cm³/mol. The van der Waals surface area contributed by atoms with E-state index in [2.05, 4.69) is 30.7 Å². The molecule has 1 aromatic rings. The molecule has 0 bridgehead atoms. The summed E-state index contributed by atoms with van der Waals surface area (Å²) in [6, 6.07) is 5.48. The second-order valence-electron chi connectivity index (χ2n) is 5.93. The Morgan fingerprint density at radius 2 is 2.00 bits per heavy atom. The number of hydrogen-bond donors (Lipinski definition) is 1. The highest BCUT2D eigenvalue weighted by Crippen LogP contribution is 2.30. The Kier molecular flexibility index (Phi) is 3.54. The van der Waals surface area contributed by atoms with E-state index < -0.39 is 5.97 Å². The molecular weight excluding hydrogens is 240 g/mol. The average molecular weight is 262 g/mol. The summed E-state index contributed by atoms with van der Waals surface area (Å²) in [5, 5.41) is 9.37. The number of rotatable bonds is 2. The predicted octanol–water partition coefficient (Wildman–Crippen LogP) is 2.22. The van der Waals surface area contributed by atoms with Gasteiger partial charge in [-0.1, -0.05) is 12.1 Å². The van der Waals surface area contributed by atoms with Gasteiger partial charge in [-0.3, -0.25) is 4.90 Å². The number of likely N-dealkylation sites (N-methyl/N-ethyl adjacent to an activating group) is 1. The second kappa shape index (κ2) is 4.85. The monoisotopic (exact) mass is 262 g/mol. The van der Waals surface area contributed by atoms with Gasteiger partial charge in [-0.15, -0.1) is 0 Å². The van der Waals surface area contributed by atoms with Crippen molar-refractivity contribution in [2.24, 2.45) is 0 Å². The number of nitrogens with zero attached hydrogens (tertiary/aromatic N) is 2. The van der Waals surface area contributed by atoms with Crippen LogP contribution in [0.15, 0.2) is 18.2 Å². The fraction of sp³-hybridized carbons (Fsp3) is 0.533. The SMILES string of the molecule is Cc1cccc(C(=O)O)c1N1CCN(C)C(C)(C)C1. The van der Waals surface area contributed by atoms with Crippen LogP contribution in [0.5, 0.6) is 0 Å². The standard InChI is InChI=1S/C15H22N2O2/c1-11-6-5-7-12(14(18)19)13(11)17-9-8-16(4)15(2,3)10-17/h5-7H,8-10H2,1-4H3,(H,18,19). The van der Waals surface area contributed by atoms with Gasteiger partial charge in [0.2, 0.25) is 0 Å². The third kappa shape index (κ3) is 2.59. The van der Waals surface area contributed by atoms with Crippen LogP contribution in [0.3, 0.4) is 0 Å². The van der Waals surface area contributed by atoms with Gasteiger partial charge >= 0.3 is 5.97 Å². The van der Waals surface area contributed by atoms with Crippen LogP contribution in [0.4, 0.5) is 5.69 Å². The molecule has 1 aliphatic heterocycles. The maximum atomic E-state index is 11.4. The summed E-state index contributed by atoms with van der Waals surface area (Å²) >= 11 is 0. The van der Waals surface area contributed by atoms with E-state index in [0.29, 0.717) is 5.56 Å². The van der Waals surface area contributed by atoms with E-state index in [1.807, 2.05) is 19.1 Å². The van der Waals surface area contributed by atoms with E-state index in [9.17, 15) is 9.90 Å². The van der Waals surface area contributed by atoms with Crippen molar-refractivity contribution in [3.05, 3.63) is 29.3 Å². The molecule has 1 saturated heterocycles. The van der Waals surface area contributed by atoms with Crippen LogP contribution < -0.4 is 4.90 Å². The molecule has 0 radical (unpaired) electrons. The van der Waals surface area contributed by atoms with E-state index in [1.54, 1.807) is 6.07 Å². The minimum Gasteiger partial charge on any atom is -0.478 e. The minimum absolute atomic E-state index is 0.0519. The van der Waals surface area contributed by atoms with Crippen molar-refractivity contribution in [2.45, 2.75) is 26.3 Å². The van der Waals surface area contributed by atoms with Gasteiger partial charge in [0, 0.05) is 25.2 Å². The van der Waals surface area contributed by atoms with Gasteiger partial charge in [0.1, 0.15) is 0 Å². The Morgan fingerprint density at radius 3 is 2.58 bits per heavy atom. The lowest BCUT2D eigenvalue weighted by Crippen LogP contribution is -2.58. The number of anilines is 1. The molecule has 104 valence electrons. The zero-order chi connectivity index (χ0) is 14.2. The molecule has 0 aromatic heterocycles. The molecule has 19 heavy (non-hydrogen) atoms. The molecule has 4 heteroatoms. The highest BCUT2D eigenvalue weighted by atomic mass is 16.4. The summed E-state index contributed by atoms with van der Waals surface area (Å²) in [5.41, 5.74) is 2.35. The summed E-state index contributed by atoms with van der Waals surface area (Å²) in [7, 11) is 2.12. The summed E-state index contributed by atoms with van der Waals surface area (Å²) in [4.78, 5) is 15.9. The van der Waals surface area contributed by atoms with E-state index in [1.165, 1.54) is 0 Å². The first kappa shape index (κ1) is 13.9. The molecule has 4 nitrogen and oxygen atoms in total. The lowest BCUT2D eigenvalue weighted by molar-refractivity contribution is 0.0696. The number of para-hydroxylation sites is 1. The fourth-order valence-corrected chi connectivity index (χ4v) is 2.68. The second-order valence-corrected chi connectivity index (χ2v) is 5.93. The van der Waals surface area contributed by atoms with Crippen molar-refractivity contribution < 1.29 is 9.90 Å². The van der Waals surface area contributed by atoms with E-state index >= 15 is 0 Å². The lowest BCUT2D eigenvalue weighted by Gasteiger charge is -2.46. The Bertz CT molecular complexity index is 497. The van der Waals surface area contributed by atoms with Crippen molar-refractivity contribution in [3.63, 3.8) is 0 Å². The molecule has 0 atom stereocenters. The van der Waals surface area contributed by atoms with Crippen molar-refractivity contribution in [1.29, 1.82) is 0 Å². The number of aryl methyl sites for hydroxylation is 1. The average Bonchev–Trinajstić information content (AvgIpc) is 2.32. The highest BCUT2D eigenvalue weighted by molar-refractivity contribution is 5.95. The molecule has 0 saturated carbocycles. The van der Waals surface area contributed by atoms with Gasteiger partial charge in [-0.2, -0.15) is 0 Å². The third-order valence-electron chi connectivity index (χ3n) is 4.10. The number of carboxylic acid groups (broad SMARTS) is 1. The Morgan fingerprint density at radius 1 is 1.32 bits per heavy atom. The van der Waals surface area contributed by atoms with Crippen LogP contribution in [-0.2, 0) is 0 Å². The lowest BCUT2D eigenvalue weighted by atomic mass is 9.97. The topological polar surface area (TPSA) is 43.8 Å². The van der Waals surface area contributed by atoms with Gasteiger partial charge in [-0.05, 0) is 39.4 Å². The Balaban J connectivity index is 2.40. The van der Waals surface area contributed by atoms with Crippen LogP contribution in [0.2, 0.25) is 0 Å². The van der Waals surface area contributed by atoms with Crippen molar-refractivity contribution in [3.8, 4) is 0 Å². The quantitative estimate of drug-likeness (QED) is 0.887. The first-order chi connectivity index (χ1) is 8.83. The molecular formula is C15H22N2O2. The maximum Gasteiger partial charge on any atom is 0.337 e. The molecule has 1 N–H and O–H groups in total. The molecule has 1 heterocycles. The first-order valence-electron chi connectivity index (χ1n) is 6.62. The normalized spacial score (nSPS) is 19.5. The Hall–Kier alpha value is -1.55. The molecule has 1 fully saturated rings.